The van der Waals surface area contributed by atoms with Crippen LogP contribution in [-0.2, 0) is 0 Å². The molecule has 106 valence electrons. The Bertz CT molecular complexity index is 494. The number of hydrogen-bond donors (Lipinski definition) is 1. The van der Waals surface area contributed by atoms with Crippen LogP contribution in [0.5, 0.6) is 5.75 Å². The molecule has 0 spiro atoms. The molecule has 0 aliphatic heterocycles. The van der Waals surface area contributed by atoms with Gasteiger partial charge in [-0.15, -0.1) is 0 Å². The van der Waals surface area contributed by atoms with Gasteiger partial charge in [0.2, 0.25) is 0 Å². The molecule has 0 saturated heterocycles. The highest BCUT2D eigenvalue weighted by Crippen LogP contribution is 2.18. The average molecular weight is 270 g/mol. The summed E-state index contributed by atoms with van der Waals surface area (Å²) in [5.74, 6) is 2.41. The zero-order chi connectivity index (χ0) is 14.2. The van der Waals surface area contributed by atoms with Gasteiger partial charge in [0.1, 0.15) is 11.6 Å². The van der Waals surface area contributed by atoms with E-state index in [9.17, 15) is 0 Å². The van der Waals surface area contributed by atoms with Crippen molar-refractivity contribution in [1.29, 1.82) is 0 Å². The number of pyridine rings is 1. The second-order valence-electron chi connectivity index (χ2n) is 5.07. The van der Waals surface area contributed by atoms with Crippen LogP contribution in [0.2, 0.25) is 0 Å². The molecule has 0 bridgehead atoms. The van der Waals surface area contributed by atoms with Crippen molar-refractivity contribution in [2.75, 3.05) is 18.5 Å². The van der Waals surface area contributed by atoms with Crippen LogP contribution in [0.15, 0.2) is 48.7 Å². The lowest BCUT2D eigenvalue weighted by molar-refractivity contribution is 0.315. The van der Waals surface area contributed by atoms with E-state index in [1.807, 2.05) is 30.3 Å². The first-order chi connectivity index (χ1) is 9.75. The Morgan fingerprint density at radius 3 is 2.55 bits per heavy atom. The van der Waals surface area contributed by atoms with Gasteiger partial charge in [-0.2, -0.15) is 0 Å². The van der Waals surface area contributed by atoms with Gasteiger partial charge in [0.15, 0.2) is 0 Å². The Morgan fingerprint density at radius 1 is 1.10 bits per heavy atom. The molecule has 2 rings (SSSR count). The molecule has 0 saturated carbocycles. The van der Waals surface area contributed by atoms with Gasteiger partial charge in [-0.3, -0.25) is 0 Å². The summed E-state index contributed by atoms with van der Waals surface area (Å²) in [6, 6.07) is 14.2. The van der Waals surface area contributed by atoms with E-state index < -0.39 is 0 Å². The maximum atomic E-state index is 5.72. The molecule has 0 amide bonds. The number of hydrogen-bond acceptors (Lipinski definition) is 3. The van der Waals surface area contributed by atoms with E-state index in [4.69, 9.17) is 4.74 Å². The van der Waals surface area contributed by atoms with E-state index in [0.717, 1.165) is 24.5 Å². The van der Waals surface area contributed by atoms with Crippen molar-refractivity contribution in [3.8, 4) is 5.75 Å². The highest BCUT2D eigenvalue weighted by atomic mass is 16.5. The Kier molecular flexibility index (Phi) is 5.42. The number of ether oxygens (including phenoxy) is 1. The Balaban J connectivity index is 1.66. The summed E-state index contributed by atoms with van der Waals surface area (Å²) in [4.78, 5) is 4.21. The summed E-state index contributed by atoms with van der Waals surface area (Å²) in [5.41, 5.74) is 1.34. The molecule has 1 heterocycles. The molecule has 1 aromatic heterocycles. The number of anilines is 1. The molecular weight excluding hydrogens is 248 g/mol. The fraction of sp³-hybridized carbons (Fsp3) is 0.353. The van der Waals surface area contributed by atoms with Crippen LogP contribution >= 0.6 is 0 Å². The molecule has 3 heteroatoms. The third-order valence-electron chi connectivity index (χ3n) is 3.11. The van der Waals surface area contributed by atoms with Gasteiger partial charge >= 0.3 is 0 Å². The van der Waals surface area contributed by atoms with Gasteiger partial charge in [0.25, 0.3) is 0 Å². The predicted molar refractivity (Wildman–Crippen MR) is 83.4 cm³/mol. The van der Waals surface area contributed by atoms with E-state index in [-0.39, 0.29) is 0 Å². The summed E-state index contributed by atoms with van der Waals surface area (Å²) in [6.07, 6.45) is 2.73. The molecule has 0 unspecified atom stereocenters. The molecule has 0 aliphatic rings. The normalized spacial score (nSPS) is 10.6. The standard InChI is InChI=1S/C17H22N2O/c1-14(2)15-7-9-16(10-8-15)20-13-5-12-19-17-6-3-4-11-18-17/h3-4,6-11,14H,5,12-13H2,1-2H3,(H,18,19). The Hall–Kier alpha value is -2.03. The maximum absolute atomic E-state index is 5.72. The zero-order valence-electron chi connectivity index (χ0n) is 12.2. The minimum absolute atomic E-state index is 0.562. The first-order valence-electron chi connectivity index (χ1n) is 7.13. The molecule has 0 radical (unpaired) electrons. The Morgan fingerprint density at radius 2 is 1.90 bits per heavy atom. The van der Waals surface area contributed by atoms with Crippen molar-refractivity contribution < 1.29 is 4.74 Å². The van der Waals surface area contributed by atoms with Crippen LogP contribution in [0.1, 0.15) is 31.7 Å². The van der Waals surface area contributed by atoms with E-state index in [0.29, 0.717) is 12.5 Å². The lowest BCUT2D eigenvalue weighted by Crippen LogP contribution is -2.08. The van der Waals surface area contributed by atoms with E-state index >= 15 is 0 Å². The van der Waals surface area contributed by atoms with Crippen molar-refractivity contribution in [3.63, 3.8) is 0 Å². The van der Waals surface area contributed by atoms with Crippen LogP contribution in [0, 0.1) is 0 Å². The smallest absolute Gasteiger partial charge is 0.125 e. The summed E-state index contributed by atoms with van der Waals surface area (Å²) in [7, 11) is 0. The molecule has 0 atom stereocenters. The summed E-state index contributed by atoms with van der Waals surface area (Å²) in [6.45, 7) is 5.96. The number of nitrogens with one attached hydrogen (secondary N) is 1. The third-order valence-corrected chi connectivity index (χ3v) is 3.11. The molecule has 2 aromatic rings. The van der Waals surface area contributed by atoms with Gasteiger partial charge in [-0.25, -0.2) is 4.98 Å². The van der Waals surface area contributed by atoms with Crippen molar-refractivity contribution in [2.24, 2.45) is 0 Å². The van der Waals surface area contributed by atoms with Crippen molar-refractivity contribution in [2.45, 2.75) is 26.2 Å². The van der Waals surface area contributed by atoms with E-state index in [2.05, 4.69) is 36.3 Å². The maximum Gasteiger partial charge on any atom is 0.125 e. The fourth-order valence-corrected chi connectivity index (χ4v) is 1.89. The second kappa shape index (κ2) is 7.53. The topological polar surface area (TPSA) is 34.1 Å². The zero-order valence-corrected chi connectivity index (χ0v) is 12.2. The minimum atomic E-state index is 0.562. The van der Waals surface area contributed by atoms with E-state index in [1.165, 1.54) is 5.56 Å². The quantitative estimate of drug-likeness (QED) is 0.770. The number of aromatic nitrogens is 1. The van der Waals surface area contributed by atoms with Crippen molar-refractivity contribution >= 4 is 5.82 Å². The lowest BCUT2D eigenvalue weighted by Gasteiger charge is -2.09. The van der Waals surface area contributed by atoms with Crippen LogP contribution < -0.4 is 10.1 Å². The van der Waals surface area contributed by atoms with E-state index in [1.54, 1.807) is 6.20 Å². The van der Waals surface area contributed by atoms with Crippen LogP contribution in [0.25, 0.3) is 0 Å². The largest absolute Gasteiger partial charge is 0.494 e. The highest BCUT2D eigenvalue weighted by Gasteiger charge is 1.99. The Labute approximate surface area is 121 Å². The number of rotatable bonds is 7. The predicted octanol–water partition coefficient (Wildman–Crippen LogP) is 4.09. The third kappa shape index (κ3) is 4.57. The SMILES string of the molecule is CC(C)c1ccc(OCCCNc2ccccn2)cc1. The van der Waals surface area contributed by atoms with Gasteiger partial charge in [0, 0.05) is 12.7 Å². The highest BCUT2D eigenvalue weighted by molar-refractivity contribution is 5.32. The van der Waals surface area contributed by atoms with Gasteiger partial charge in [-0.05, 0) is 42.2 Å². The minimum Gasteiger partial charge on any atom is -0.494 e. The van der Waals surface area contributed by atoms with Crippen molar-refractivity contribution in [1.82, 2.24) is 4.98 Å². The molecule has 1 N–H and O–H groups in total. The average Bonchev–Trinajstić information content (AvgIpc) is 2.48. The molecule has 20 heavy (non-hydrogen) atoms. The fourth-order valence-electron chi connectivity index (χ4n) is 1.89. The lowest BCUT2D eigenvalue weighted by atomic mass is 10.0. The first kappa shape index (κ1) is 14.4. The van der Waals surface area contributed by atoms with Crippen LogP contribution in [0.3, 0.4) is 0 Å². The summed E-state index contributed by atoms with van der Waals surface area (Å²) in [5, 5.41) is 3.26. The summed E-state index contributed by atoms with van der Waals surface area (Å²) >= 11 is 0. The van der Waals surface area contributed by atoms with Crippen molar-refractivity contribution in [3.05, 3.63) is 54.2 Å². The van der Waals surface area contributed by atoms with Crippen LogP contribution in [0.4, 0.5) is 5.82 Å². The summed E-state index contributed by atoms with van der Waals surface area (Å²) < 4.78 is 5.72. The monoisotopic (exact) mass is 270 g/mol. The van der Waals surface area contributed by atoms with Gasteiger partial charge < -0.3 is 10.1 Å². The molecule has 0 aliphatic carbocycles. The van der Waals surface area contributed by atoms with Gasteiger partial charge in [0.05, 0.1) is 6.61 Å². The first-order valence-corrected chi connectivity index (χ1v) is 7.13. The van der Waals surface area contributed by atoms with Gasteiger partial charge in [-0.1, -0.05) is 32.0 Å². The number of nitrogens with zero attached hydrogens (tertiary/aromatic N) is 1. The molecular formula is C17H22N2O. The molecule has 3 nitrogen and oxygen atoms in total. The molecule has 0 fully saturated rings. The second-order valence-corrected chi connectivity index (χ2v) is 5.07. The van der Waals surface area contributed by atoms with Crippen LogP contribution in [-0.4, -0.2) is 18.1 Å². The molecule has 1 aromatic carbocycles. The number of benzene rings is 1.